The first-order chi connectivity index (χ1) is 10.0. The molecule has 21 heavy (non-hydrogen) atoms. The fraction of sp³-hybridized carbons (Fsp3) is 0.600. The van der Waals surface area contributed by atoms with Gasteiger partial charge in [0.1, 0.15) is 5.75 Å². The van der Waals surface area contributed by atoms with Gasteiger partial charge in [-0.25, -0.2) is 0 Å². The summed E-state index contributed by atoms with van der Waals surface area (Å²) in [5, 5.41) is 20.6. The maximum absolute atomic E-state index is 11.1. The molecule has 116 valence electrons. The molecule has 0 spiro atoms. The second-order valence-corrected chi connectivity index (χ2v) is 5.63. The zero-order chi connectivity index (χ0) is 15.4. The van der Waals surface area contributed by atoms with Gasteiger partial charge in [-0.05, 0) is 33.1 Å². The van der Waals surface area contributed by atoms with Crippen LogP contribution in [0.2, 0.25) is 0 Å². The van der Waals surface area contributed by atoms with Gasteiger partial charge in [0.05, 0.1) is 29.7 Å². The van der Waals surface area contributed by atoms with Gasteiger partial charge in [0.15, 0.2) is 0 Å². The van der Waals surface area contributed by atoms with E-state index in [2.05, 4.69) is 0 Å². The monoisotopic (exact) mass is 294 g/mol. The van der Waals surface area contributed by atoms with Gasteiger partial charge >= 0.3 is 0 Å². The first-order valence-electron chi connectivity index (χ1n) is 7.35. The van der Waals surface area contributed by atoms with Crippen LogP contribution in [0.15, 0.2) is 18.2 Å². The van der Waals surface area contributed by atoms with Gasteiger partial charge in [0.25, 0.3) is 5.69 Å². The van der Waals surface area contributed by atoms with Crippen LogP contribution in [0.3, 0.4) is 0 Å². The average molecular weight is 294 g/mol. The molecule has 1 aliphatic rings. The lowest BCUT2D eigenvalue weighted by atomic mass is 10.0. The Kier molecular flexibility index (Phi) is 5.01. The fourth-order valence-electron chi connectivity index (χ4n) is 2.71. The Labute approximate surface area is 124 Å². The first-order valence-corrected chi connectivity index (χ1v) is 7.35. The Morgan fingerprint density at radius 3 is 2.81 bits per heavy atom. The zero-order valence-corrected chi connectivity index (χ0v) is 12.5. The number of aliphatic hydroxyl groups is 1. The van der Waals surface area contributed by atoms with Crippen LogP contribution in [0.4, 0.5) is 11.4 Å². The molecule has 0 bridgehead atoms. The van der Waals surface area contributed by atoms with Gasteiger partial charge in [0.2, 0.25) is 0 Å². The number of hydrogen-bond acceptors (Lipinski definition) is 5. The second-order valence-electron chi connectivity index (χ2n) is 5.63. The molecule has 1 fully saturated rings. The number of aliphatic hydroxyl groups excluding tert-OH is 1. The van der Waals surface area contributed by atoms with E-state index >= 15 is 0 Å². The van der Waals surface area contributed by atoms with E-state index in [-0.39, 0.29) is 24.4 Å². The van der Waals surface area contributed by atoms with E-state index in [4.69, 9.17) is 4.74 Å². The van der Waals surface area contributed by atoms with Crippen molar-refractivity contribution in [2.75, 3.05) is 18.1 Å². The number of benzene rings is 1. The van der Waals surface area contributed by atoms with E-state index in [0.29, 0.717) is 5.75 Å². The molecule has 1 saturated heterocycles. The minimum absolute atomic E-state index is 0.0189. The van der Waals surface area contributed by atoms with Crippen LogP contribution in [-0.4, -0.2) is 35.3 Å². The summed E-state index contributed by atoms with van der Waals surface area (Å²) in [6.45, 7) is 4.63. The maximum Gasteiger partial charge on any atom is 0.275 e. The molecule has 0 radical (unpaired) electrons. The van der Waals surface area contributed by atoms with Crippen molar-refractivity contribution < 1.29 is 14.8 Å². The lowest BCUT2D eigenvalue weighted by Gasteiger charge is -2.36. The zero-order valence-electron chi connectivity index (χ0n) is 12.5. The smallest absolute Gasteiger partial charge is 0.275 e. The van der Waals surface area contributed by atoms with Crippen LogP contribution in [0.1, 0.15) is 33.1 Å². The first kappa shape index (κ1) is 15.6. The molecule has 6 heteroatoms. The van der Waals surface area contributed by atoms with Gasteiger partial charge in [-0.15, -0.1) is 0 Å². The summed E-state index contributed by atoms with van der Waals surface area (Å²) in [6.07, 6.45) is 2.96. The quantitative estimate of drug-likeness (QED) is 0.667. The Hall–Kier alpha value is -1.82. The number of piperidine rings is 1. The van der Waals surface area contributed by atoms with Crippen molar-refractivity contribution in [1.82, 2.24) is 0 Å². The van der Waals surface area contributed by atoms with E-state index < -0.39 is 4.92 Å². The molecule has 6 nitrogen and oxygen atoms in total. The third-order valence-corrected chi connectivity index (χ3v) is 3.63. The summed E-state index contributed by atoms with van der Waals surface area (Å²) >= 11 is 0. The van der Waals surface area contributed by atoms with Crippen LogP contribution in [0.25, 0.3) is 0 Å². The van der Waals surface area contributed by atoms with Crippen molar-refractivity contribution in [3.05, 3.63) is 28.3 Å². The number of anilines is 1. The van der Waals surface area contributed by atoms with Crippen LogP contribution < -0.4 is 9.64 Å². The van der Waals surface area contributed by atoms with Crippen LogP contribution >= 0.6 is 0 Å². The average Bonchev–Trinajstić information content (AvgIpc) is 2.46. The van der Waals surface area contributed by atoms with Crippen LogP contribution in [0, 0.1) is 10.1 Å². The molecular formula is C15H22N2O4. The molecular weight excluding hydrogens is 272 g/mol. The van der Waals surface area contributed by atoms with Gasteiger partial charge in [-0.3, -0.25) is 10.1 Å². The molecule has 0 amide bonds. The van der Waals surface area contributed by atoms with Crippen LogP contribution in [0.5, 0.6) is 5.75 Å². The van der Waals surface area contributed by atoms with Crippen molar-refractivity contribution in [3.8, 4) is 5.75 Å². The normalized spacial score (nSPS) is 18.9. The van der Waals surface area contributed by atoms with Crippen molar-refractivity contribution >= 4 is 11.4 Å². The number of ether oxygens (including phenoxy) is 1. The standard InChI is InChI=1S/C15H22N2O4/c1-11(2)21-15-8-13(7-14(9-15)17(19)20)16-6-4-3-5-12(16)10-18/h7-9,11-12,18H,3-6,10H2,1-2H3. The molecule has 1 aliphatic heterocycles. The highest BCUT2D eigenvalue weighted by Crippen LogP contribution is 2.32. The molecule has 1 unspecified atom stereocenters. The van der Waals surface area contributed by atoms with Gasteiger partial charge in [-0.2, -0.15) is 0 Å². The van der Waals surface area contributed by atoms with E-state index in [9.17, 15) is 15.2 Å². The highest BCUT2D eigenvalue weighted by atomic mass is 16.6. The minimum atomic E-state index is -0.408. The summed E-state index contributed by atoms with van der Waals surface area (Å²) in [7, 11) is 0. The van der Waals surface area contributed by atoms with E-state index in [1.54, 1.807) is 6.07 Å². The van der Waals surface area contributed by atoms with Gasteiger partial charge in [-0.1, -0.05) is 0 Å². The number of nitrogens with zero attached hydrogens (tertiary/aromatic N) is 2. The summed E-state index contributed by atoms with van der Waals surface area (Å²) < 4.78 is 5.61. The summed E-state index contributed by atoms with van der Waals surface area (Å²) in [4.78, 5) is 12.7. The third-order valence-electron chi connectivity index (χ3n) is 3.63. The molecule has 1 heterocycles. The predicted octanol–water partition coefficient (Wildman–Crippen LogP) is 2.73. The molecule has 2 rings (SSSR count). The predicted molar refractivity (Wildman–Crippen MR) is 80.9 cm³/mol. The number of rotatable bonds is 5. The topological polar surface area (TPSA) is 75.8 Å². The molecule has 0 saturated carbocycles. The summed E-state index contributed by atoms with van der Waals surface area (Å²) in [5.41, 5.74) is 0.768. The summed E-state index contributed by atoms with van der Waals surface area (Å²) in [5.74, 6) is 0.497. The third kappa shape index (κ3) is 3.85. The molecule has 1 aromatic rings. The second kappa shape index (κ2) is 6.76. The SMILES string of the molecule is CC(C)Oc1cc(N2CCCCC2CO)cc([N+](=O)[O-])c1. The number of hydrogen-bond donors (Lipinski definition) is 1. The molecule has 1 atom stereocenters. The molecule has 1 aromatic carbocycles. The Morgan fingerprint density at radius 2 is 2.19 bits per heavy atom. The number of nitro groups is 1. The number of non-ortho nitro benzene ring substituents is 1. The van der Waals surface area contributed by atoms with Crippen molar-refractivity contribution in [3.63, 3.8) is 0 Å². The largest absolute Gasteiger partial charge is 0.491 e. The van der Waals surface area contributed by atoms with E-state index in [1.165, 1.54) is 6.07 Å². The lowest BCUT2D eigenvalue weighted by molar-refractivity contribution is -0.384. The highest BCUT2D eigenvalue weighted by Gasteiger charge is 2.24. The van der Waals surface area contributed by atoms with E-state index in [0.717, 1.165) is 31.5 Å². The Balaban J connectivity index is 2.36. The highest BCUT2D eigenvalue weighted by molar-refractivity contribution is 5.59. The lowest BCUT2D eigenvalue weighted by Crippen LogP contribution is -2.41. The number of nitro benzene ring substituents is 1. The Morgan fingerprint density at radius 1 is 1.43 bits per heavy atom. The maximum atomic E-state index is 11.1. The van der Waals surface area contributed by atoms with Gasteiger partial charge < -0.3 is 14.7 Å². The van der Waals surface area contributed by atoms with Gasteiger partial charge in [0, 0.05) is 24.4 Å². The Bertz CT molecular complexity index is 504. The van der Waals surface area contributed by atoms with Crippen molar-refractivity contribution in [2.24, 2.45) is 0 Å². The fourth-order valence-corrected chi connectivity index (χ4v) is 2.71. The van der Waals surface area contributed by atoms with Crippen LogP contribution in [-0.2, 0) is 0 Å². The van der Waals surface area contributed by atoms with Crippen molar-refractivity contribution in [2.45, 2.75) is 45.3 Å². The molecule has 0 aromatic heterocycles. The molecule has 1 N–H and O–H groups in total. The summed E-state index contributed by atoms with van der Waals surface area (Å²) in [6, 6.07) is 4.84. The minimum Gasteiger partial charge on any atom is -0.491 e. The molecule has 0 aliphatic carbocycles. The van der Waals surface area contributed by atoms with E-state index in [1.807, 2.05) is 24.8 Å². The van der Waals surface area contributed by atoms with Crippen molar-refractivity contribution in [1.29, 1.82) is 0 Å².